The Hall–Kier alpha value is -2.61. The van der Waals surface area contributed by atoms with Crippen LogP contribution < -0.4 is 9.80 Å². The van der Waals surface area contributed by atoms with E-state index in [1.807, 2.05) is 28.0 Å². The number of amides is 1. The lowest BCUT2D eigenvalue weighted by Crippen LogP contribution is -2.50. The fourth-order valence-corrected chi connectivity index (χ4v) is 3.75. The van der Waals surface area contributed by atoms with Crippen LogP contribution >= 0.6 is 0 Å². The number of carbonyl (C=O) groups is 1. The number of halogens is 3. The molecule has 8 heteroatoms. The molecule has 0 spiro atoms. The summed E-state index contributed by atoms with van der Waals surface area (Å²) < 4.78 is 38.0. The summed E-state index contributed by atoms with van der Waals surface area (Å²) in [7, 11) is 0. The van der Waals surface area contributed by atoms with Crippen molar-refractivity contribution < 1.29 is 18.0 Å². The van der Waals surface area contributed by atoms with E-state index in [1.165, 1.54) is 11.6 Å². The third-order valence-corrected chi connectivity index (χ3v) is 5.32. The molecule has 1 aromatic carbocycles. The average molecular weight is 390 g/mol. The van der Waals surface area contributed by atoms with Crippen LogP contribution in [0.4, 0.5) is 24.7 Å². The molecular formula is C20H21F3N4O. The number of hydrogen-bond acceptors (Lipinski definition) is 4. The van der Waals surface area contributed by atoms with Crippen molar-refractivity contribution in [1.82, 2.24) is 9.88 Å². The van der Waals surface area contributed by atoms with Gasteiger partial charge < -0.3 is 9.80 Å². The standard InChI is InChI=1S/C20H21F3N4O/c21-20(22,23)16-5-6-18(24-13-16)26-11-9-25(10-12-26)14-19(28)27-8-7-15-3-1-2-4-17(15)27/h1-6,13H,7-12,14H2. The summed E-state index contributed by atoms with van der Waals surface area (Å²) in [5.41, 5.74) is 1.46. The number of anilines is 2. The Morgan fingerprint density at radius 3 is 2.43 bits per heavy atom. The number of aromatic nitrogens is 1. The maximum atomic E-state index is 12.7. The number of benzene rings is 1. The van der Waals surface area contributed by atoms with E-state index in [9.17, 15) is 18.0 Å². The van der Waals surface area contributed by atoms with Crippen LogP contribution in [0.2, 0.25) is 0 Å². The Morgan fingerprint density at radius 1 is 1.00 bits per heavy atom. The summed E-state index contributed by atoms with van der Waals surface area (Å²) in [4.78, 5) is 22.6. The lowest BCUT2D eigenvalue weighted by Gasteiger charge is -2.35. The zero-order valence-electron chi connectivity index (χ0n) is 15.3. The first-order valence-electron chi connectivity index (χ1n) is 9.30. The highest BCUT2D eigenvalue weighted by molar-refractivity contribution is 5.96. The van der Waals surface area contributed by atoms with Gasteiger partial charge in [-0.1, -0.05) is 18.2 Å². The lowest BCUT2D eigenvalue weighted by molar-refractivity contribution is -0.137. The molecule has 0 saturated carbocycles. The molecular weight excluding hydrogens is 369 g/mol. The van der Waals surface area contributed by atoms with Crippen molar-refractivity contribution >= 4 is 17.4 Å². The highest BCUT2D eigenvalue weighted by Crippen LogP contribution is 2.30. The van der Waals surface area contributed by atoms with Crippen molar-refractivity contribution in [2.24, 2.45) is 0 Å². The van der Waals surface area contributed by atoms with Crippen LogP contribution in [0.15, 0.2) is 42.6 Å². The summed E-state index contributed by atoms with van der Waals surface area (Å²) in [5, 5.41) is 0. The number of rotatable bonds is 3. The van der Waals surface area contributed by atoms with Gasteiger partial charge in [-0.25, -0.2) is 4.98 Å². The van der Waals surface area contributed by atoms with Gasteiger partial charge in [0.05, 0.1) is 12.1 Å². The largest absolute Gasteiger partial charge is 0.417 e. The van der Waals surface area contributed by atoms with Crippen LogP contribution in [0.1, 0.15) is 11.1 Å². The zero-order valence-corrected chi connectivity index (χ0v) is 15.3. The number of piperazine rings is 1. The number of nitrogens with zero attached hydrogens (tertiary/aromatic N) is 4. The van der Waals surface area contributed by atoms with Crippen LogP contribution in [0.5, 0.6) is 0 Å². The normalized spacial score (nSPS) is 17.7. The molecule has 3 heterocycles. The van der Waals surface area contributed by atoms with Gasteiger partial charge in [-0.3, -0.25) is 9.69 Å². The molecule has 0 unspecified atom stereocenters. The zero-order chi connectivity index (χ0) is 19.7. The maximum absolute atomic E-state index is 12.7. The van der Waals surface area contributed by atoms with Crippen molar-refractivity contribution in [1.29, 1.82) is 0 Å². The van der Waals surface area contributed by atoms with Crippen LogP contribution in [0.25, 0.3) is 0 Å². The fourth-order valence-electron chi connectivity index (χ4n) is 3.75. The molecule has 2 aliphatic heterocycles. The molecule has 4 rings (SSSR count). The third kappa shape index (κ3) is 3.82. The molecule has 0 bridgehead atoms. The van der Waals surface area contributed by atoms with Crippen molar-refractivity contribution in [2.75, 3.05) is 49.1 Å². The molecule has 0 radical (unpaired) electrons. The fraction of sp³-hybridized carbons (Fsp3) is 0.400. The second-order valence-corrected chi connectivity index (χ2v) is 7.09. The molecule has 0 aliphatic carbocycles. The van der Waals surface area contributed by atoms with E-state index >= 15 is 0 Å². The number of para-hydroxylation sites is 1. The van der Waals surface area contributed by atoms with Gasteiger partial charge in [-0.15, -0.1) is 0 Å². The Morgan fingerprint density at radius 2 is 1.75 bits per heavy atom. The average Bonchev–Trinajstić information content (AvgIpc) is 3.12. The van der Waals surface area contributed by atoms with Crippen molar-refractivity contribution in [3.05, 3.63) is 53.7 Å². The van der Waals surface area contributed by atoms with Crippen LogP contribution in [-0.2, 0) is 17.4 Å². The maximum Gasteiger partial charge on any atom is 0.417 e. The van der Waals surface area contributed by atoms with Crippen molar-refractivity contribution in [2.45, 2.75) is 12.6 Å². The monoisotopic (exact) mass is 390 g/mol. The van der Waals surface area contributed by atoms with E-state index in [0.29, 0.717) is 45.1 Å². The molecule has 5 nitrogen and oxygen atoms in total. The summed E-state index contributed by atoms with van der Waals surface area (Å²) >= 11 is 0. The van der Waals surface area contributed by atoms with E-state index in [-0.39, 0.29) is 5.91 Å². The summed E-state index contributed by atoms with van der Waals surface area (Å²) in [6.07, 6.45) is -2.62. The van der Waals surface area contributed by atoms with Gasteiger partial charge in [0.1, 0.15) is 5.82 Å². The summed E-state index contributed by atoms with van der Waals surface area (Å²) in [6, 6.07) is 10.4. The van der Waals surface area contributed by atoms with Crippen LogP contribution in [0.3, 0.4) is 0 Å². The lowest BCUT2D eigenvalue weighted by atomic mass is 10.2. The van der Waals surface area contributed by atoms with Crippen LogP contribution in [-0.4, -0.2) is 55.1 Å². The molecule has 148 valence electrons. The second-order valence-electron chi connectivity index (χ2n) is 7.09. The number of hydrogen-bond donors (Lipinski definition) is 0. The molecule has 28 heavy (non-hydrogen) atoms. The Kier molecular flexibility index (Phi) is 4.97. The van der Waals surface area contributed by atoms with Gasteiger partial charge in [0.2, 0.25) is 5.91 Å². The Balaban J connectivity index is 1.32. The molecule has 0 atom stereocenters. The quantitative estimate of drug-likeness (QED) is 0.808. The molecule has 1 fully saturated rings. The van der Waals surface area contributed by atoms with Crippen molar-refractivity contribution in [3.8, 4) is 0 Å². The first-order valence-corrected chi connectivity index (χ1v) is 9.30. The number of fused-ring (bicyclic) bond motifs is 1. The van der Waals surface area contributed by atoms with E-state index in [0.717, 1.165) is 24.4 Å². The number of alkyl halides is 3. The summed E-state index contributed by atoms with van der Waals surface area (Å²) in [5.74, 6) is 0.624. The number of pyridine rings is 1. The predicted molar refractivity (Wildman–Crippen MR) is 100 cm³/mol. The third-order valence-electron chi connectivity index (χ3n) is 5.32. The van der Waals surface area contributed by atoms with Crippen molar-refractivity contribution in [3.63, 3.8) is 0 Å². The van der Waals surface area contributed by atoms with Gasteiger partial charge in [-0.05, 0) is 30.2 Å². The Labute approximate surface area is 161 Å². The highest BCUT2D eigenvalue weighted by atomic mass is 19.4. The molecule has 2 aromatic rings. The van der Waals surface area contributed by atoms with Gasteiger partial charge >= 0.3 is 6.18 Å². The first kappa shape index (κ1) is 18.7. The van der Waals surface area contributed by atoms with E-state index in [4.69, 9.17) is 0 Å². The van der Waals surface area contributed by atoms with Gasteiger partial charge in [0.25, 0.3) is 0 Å². The van der Waals surface area contributed by atoms with E-state index in [1.54, 1.807) is 0 Å². The molecule has 0 N–H and O–H groups in total. The van der Waals surface area contributed by atoms with E-state index < -0.39 is 11.7 Å². The Bertz CT molecular complexity index is 845. The summed E-state index contributed by atoms with van der Waals surface area (Å²) in [6.45, 7) is 3.66. The van der Waals surface area contributed by atoms with Crippen LogP contribution in [0, 0.1) is 0 Å². The molecule has 2 aliphatic rings. The van der Waals surface area contributed by atoms with Gasteiger partial charge in [0, 0.05) is 44.6 Å². The smallest absolute Gasteiger partial charge is 0.354 e. The number of carbonyl (C=O) groups excluding carboxylic acids is 1. The topological polar surface area (TPSA) is 39.7 Å². The minimum atomic E-state index is -4.38. The second kappa shape index (κ2) is 7.43. The highest BCUT2D eigenvalue weighted by Gasteiger charge is 2.31. The molecule has 1 aromatic heterocycles. The van der Waals surface area contributed by atoms with Gasteiger partial charge in [-0.2, -0.15) is 13.2 Å². The minimum absolute atomic E-state index is 0.0889. The first-order chi connectivity index (χ1) is 13.4. The molecule has 1 saturated heterocycles. The molecule has 1 amide bonds. The minimum Gasteiger partial charge on any atom is -0.354 e. The van der Waals surface area contributed by atoms with Gasteiger partial charge in [0.15, 0.2) is 0 Å². The van der Waals surface area contributed by atoms with E-state index in [2.05, 4.69) is 16.0 Å². The predicted octanol–water partition coefficient (Wildman–Crippen LogP) is 2.81. The SMILES string of the molecule is O=C(CN1CCN(c2ccc(C(F)(F)F)cn2)CC1)N1CCc2ccccc21.